The monoisotopic (exact) mass is 318 g/mol. The fraction of sp³-hybridized carbons (Fsp3) is 0.167. The standard InChI is InChI=1S/C12H12F2N2O2S2/c1-16(7-9-3-2-4-19-9)20(17,18)12-10(13)5-8(15)6-11(12)14/h2-6H,7,15H2,1H3. The lowest BCUT2D eigenvalue weighted by molar-refractivity contribution is 0.450. The van der Waals surface area contributed by atoms with Crippen LogP contribution in [-0.4, -0.2) is 19.8 Å². The maximum atomic E-state index is 13.7. The van der Waals surface area contributed by atoms with Crippen LogP contribution in [0.5, 0.6) is 0 Å². The number of nitrogens with two attached hydrogens (primary N) is 1. The van der Waals surface area contributed by atoms with Crippen molar-refractivity contribution in [1.29, 1.82) is 0 Å². The number of hydrogen-bond acceptors (Lipinski definition) is 4. The minimum atomic E-state index is -4.26. The van der Waals surface area contributed by atoms with Crippen LogP contribution in [0.15, 0.2) is 34.5 Å². The fourth-order valence-electron chi connectivity index (χ4n) is 1.69. The molecule has 0 atom stereocenters. The molecule has 0 amide bonds. The molecule has 0 saturated carbocycles. The topological polar surface area (TPSA) is 63.4 Å². The number of benzene rings is 1. The molecular formula is C12H12F2N2O2S2. The Morgan fingerprint density at radius 1 is 1.30 bits per heavy atom. The number of thiophene rings is 1. The summed E-state index contributed by atoms with van der Waals surface area (Å²) in [5.74, 6) is -2.39. The van der Waals surface area contributed by atoms with Gasteiger partial charge >= 0.3 is 0 Å². The minimum Gasteiger partial charge on any atom is -0.399 e. The molecule has 0 aliphatic rings. The van der Waals surface area contributed by atoms with Gasteiger partial charge in [0, 0.05) is 24.2 Å². The van der Waals surface area contributed by atoms with Gasteiger partial charge in [-0.3, -0.25) is 0 Å². The Morgan fingerprint density at radius 3 is 2.40 bits per heavy atom. The van der Waals surface area contributed by atoms with E-state index in [0.717, 1.165) is 21.3 Å². The summed E-state index contributed by atoms with van der Waals surface area (Å²) >= 11 is 1.36. The normalized spacial score (nSPS) is 12.0. The van der Waals surface area contributed by atoms with Crippen LogP contribution in [0.2, 0.25) is 0 Å². The summed E-state index contributed by atoms with van der Waals surface area (Å²) in [5, 5.41) is 1.79. The molecule has 1 aromatic carbocycles. The lowest BCUT2D eigenvalue weighted by atomic mass is 10.3. The third kappa shape index (κ3) is 2.82. The Bertz CT molecular complexity index is 692. The van der Waals surface area contributed by atoms with E-state index in [1.165, 1.54) is 18.4 Å². The molecule has 0 spiro atoms. The molecule has 0 unspecified atom stereocenters. The second kappa shape index (κ2) is 5.47. The molecule has 4 nitrogen and oxygen atoms in total. The van der Waals surface area contributed by atoms with E-state index in [-0.39, 0.29) is 12.2 Å². The van der Waals surface area contributed by atoms with Crippen LogP contribution in [0.25, 0.3) is 0 Å². The highest BCUT2D eigenvalue weighted by atomic mass is 32.2. The molecule has 0 fully saturated rings. The summed E-state index contributed by atoms with van der Waals surface area (Å²) < 4.78 is 52.8. The highest BCUT2D eigenvalue weighted by Gasteiger charge is 2.29. The van der Waals surface area contributed by atoms with E-state index in [9.17, 15) is 17.2 Å². The number of halogens is 2. The maximum Gasteiger partial charge on any atom is 0.249 e. The van der Waals surface area contributed by atoms with Crippen LogP contribution in [0.3, 0.4) is 0 Å². The summed E-state index contributed by atoms with van der Waals surface area (Å²) in [4.78, 5) is -0.210. The zero-order chi connectivity index (χ0) is 14.9. The quantitative estimate of drug-likeness (QED) is 0.881. The van der Waals surface area contributed by atoms with Gasteiger partial charge in [-0.05, 0) is 23.6 Å². The van der Waals surface area contributed by atoms with Crippen molar-refractivity contribution in [2.24, 2.45) is 0 Å². The number of anilines is 1. The van der Waals surface area contributed by atoms with E-state index < -0.39 is 26.6 Å². The van der Waals surface area contributed by atoms with Gasteiger partial charge in [-0.15, -0.1) is 11.3 Å². The van der Waals surface area contributed by atoms with E-state index in [2.05, 4.69) is 0 Å². The predicted octanol–water partition coefficient (Wildman–Crippen LogP) is 2.43. The Morgan fingerprint density at radius 2 is 1.90 bits per heavy atom. The van der Waals surface area contributed by atoms with Crippen molar-refractivity contribution in [2.45, 2.75) is 11.4 Å². The van der Waals surface area contributed by atoms with E-state index >= 15 is 0 Å². The van der Waals surface area contributed by atoms with Crippen molar-refractivity contribution in [3.05, 3.63) is 46.2 Å². The number of sulfonamides is 1. The maximum absolute atomic E-state index is 13.7. The Hall–Kier alpha value is -1.51. The van der Waals surface area contributed by atoms with Gasteiger partial charge in [0.15, 0.2) is 4.90 Å². The summed E-state index contributed by atoms with van der Waals surface area (Å²) in [7, 11) is -2.99. The second-order valence-corrected chi connectivity index (χ2v) is 7.17. The molecule has 1 aromatic heterocycles. The van der Waals surface area contributed by atoms with E-state index in [4.69, 9.17) is 5.73 Å². The highest BCUT2D eigenvalue weighted by Crippen LogP contribution is 2.25. The van der Waals surface area contributed by atoms with Gasteiger partial charge in [0.2, 0.25) is 10.0 Å². The van der Waals surface area contributed by atoms with Crippen LogP contribution in [-0.2, 0) is 16.6 Å². The number of nitrogen functional groups attached to an aromatic ring is 1. The van der Waals surface area contributed by atoms with Gasteiger partial charge in [0.1, 0.15) is 11.6 Å². The zero-order valence-corrected chi connectivity index (χ0v) is 12.1. The molecule has 1 heterocycles. The molecule has 2 rings (SSSR count). The fourth-order valence-corrected chi connectivity index (χ4v) is 3.76. The highest BCUT2D eigenvalue weighted by molar-refractivity contribution is 7.89. The van der Waals surface area contributed by atoms with Gasteiger partial charge in [-0.25, -0.2) is 17.2 Å². The van der Waals surface area contributed by atoms with Crippen LogP contribution < -0.4 is 5.73 Å². The largest absolute Gasteiger partial charge is 0.399 e. The van der Waals surface area contributed by atoms with Crippen molar-refractivity contribution in [3.63, 3.8) is 0 Å². The third-order valence-electron chi connectivity index (χ3n) is 2.65. The van der Waals surface area contributed by atoms with Gasteiger partial charge < -0.3 is 5.73 Å². The minimum absolute atomic E-state index is 0.0449. The van der Waals surface area contributed by atoms with Crippen molar-refractivity contribution in [2.75, 3.05) is 12.8 Å². The smallest absolute Gasteiger partial charge is 0.249 e. The average Bonchev–Trinajstić information content (AvgIpc) is 2.79. The Balaban J connectivity index is 2.40. The predicted molar refractivity (Wildman–Crippen MR) is 73.7 cm³/mol. The second-order valence-electron chi connectivity index (χ2n) is 4.15. The van der Waals surface area contributed by atoms with Crippen LogP contribution >= 0.6 is 11.3 Å². The van der Waals surface area contributed by atoms with Crippen molar-refractivity contribution in [1.82, 2.24) is 4.31 Å². The number of hydrogen-bond donors (Lipinski definition) is 1. The first-order valence-corrected chi connectivity index (χ1v) is 7.87. The SMILES string of the molecule is CN(Cc1cccs1)S(=O)(=O)c1c(F)cc(N)cc1F. The van der Waals surface area contributed by atoms with E-state index in [1.807, 2.05) is 0 Å². The summed E-state index contributed by atoms with van der Waals surface area (Å²) in [5.41, 5.74) is 5.10. The van der Waals surface area contributed by atoms with Crippen molar-refractivity contribution < 1.29 is 17.2 Å². The summed E-state index contributed by atoms with van der Waals surface area (Å²) in [6, 6.07) is 5.08. The molecule has 20 heavy (non-hydrogen) atoms. The first kappa shape index (κ1) is 14.9. The molecule has 2 aromatic rings. The molecule has 0 radical (unpaired) electrons. The summed E-state index contributed by atoms with van der Waals surface area (Å²) in [6.07, 6.45) is 0. The molecule has 0 bridgehead atoms. The van der Waals surface area contributed by atoms with Gasteiger partial charge in [-0.2, -0.15) is 4.31 Å². The van der Waals surface area contributed by atoms with Crippen molar-refractivity contribution in [3.8, 4) is 0 Å². The Kier molecular flexibility index (Phi) is 4.07. The van der Waals surface area contributed by atoms with Crippen LogP contribution in [0.1, 0.15) is 4.88 Å². The van der Waals surface area contributed by atoms with Crippen LogP contribution in [0, 0.1) is 11.6 Å². The third-order valence-corrected chi connectivity index (χ3v) is 5.36. The molecule has 0 aliphatic carbocycles. The zero-order valence-electron chi connectivity index (χ0n) is 10.5. The van der Waals surface area contributed by atoms with E-state index in [0.29, 0.717) is 0 Å². The molecule has 2 N–H and O–H groups in total. The lowest BCUT2D eigenvalue weighted by Gasteiger charge is -2.17. The van der Waals surface area contributed by atoms with E-state index in [1.54, 1.807) is 17.5 Å². The van der Waals surface area contributed by atoms with Crippen LogP contribution in [0.4, 0.5) is 14.5 Å². The lowest BCUT2D eigenvalue weighted by Crippen LogP contribution is -2.28. The van der Waals surface area contributed by atoms with Gasteiger partial charge in [0.25, 0.3) is 0 Å². The molecule has 108 valence electrons. The molecule has 0 aliphatic heterocycles. The summed E-state index contributed by atoms with van der Waals surface area (Å²) in [6.45, 7) is 0.0449. The number of nitrogens with zero attached hydrogens (tertiary/aromatic N) is 1. The number of rotatable bonds is 4. The molecular weight excluding hydrogens is 306 g/mol. The van der Waals surface area contributed by atoms with Gasteiger partial charge in [0.05, 0.1) is 0 Å². The molecule has 0 saturated heterocycles. The molecule has 8 heteroatoms. The first-order chi connectivity index (χ1) is 9.32. The van der Waals surface area contributed by atoms with Crippen molar-refractivity contribution >= 4 is 27.0 Å². The Labute approximate surface area is 119 Å². The first-order valence-electron chi connectivity index (χ1n) is 5.55. The van der Waals surface area contributed by atoms with Gasteiger partial charge in [-0.1, -0.05) is 6.07 Å². The average molecular weight is 318 g/mol.